The summed E-state index contributed by atoms with van der Waals surface area (Å²) in [5.41, 5.74) is 1.82. The van der Waals surface area contributed by atoms with E-state index in [0.29, 0.717) is 11.3 Å². The van der Waals surface area contributed by atoms with E-state index in [1.54, 1.807) is 31.2 Å². The zero-order valence-electron chi connectivity index (χ0n) is 16.7. The van der Waals surface area contributed by atoms with Crippen molar-refractivity contribution in [3.05, 3.63) is 71.7 Å². The summed E-state index contributed by atoms with van der Waals surface area (Å²) in [6.45, 7) is 0.273. The smallest absolute Gasteiger partial charge is 0.277 e. The van der Waals surface area contributed by atoms with E-state index in [-0.39, 0.29) is 29.4 Å². The molecule has 0 aliphatic heterocycles. The van der Waals surface area contributed by atoms with Crippen LogP contribution in [0, 0.1) is 5.82 Å². The third-order valence-electron chi connectivity index (χ3n) is 4.48. The Bertz CT molecular complexity index is 1240. The Morgan fingerprint density at radius 3 is 2.58 bits per heavy atom. The van der Waals surface area contributed by atoms with E-state index in [9.17, 15) is 14.0 Å². The Balaban J connectivity index is 1.46. The first kappa shape index (κ1) is 20.0. The van der Waals surface area contributed by atoms with Crippen molar-refractivity contribution in [1.29, 1.82) is 0 Å². The van der Waals surface area contributed by atoms with Crippen molar-refractivity contribution in [3.63, 3.8) is 0 Å². The highest BCUT2D eigenvalue weighted by Crippen LogP contribution is 2.22. The lowest BCUT2D eigenvalue weighted by molar-refractivity contribution is 0.0942. The Morgan fingerprint density at radius 1 is 1.10 bits per heavy atom. The highest BCUT2D eigenvalue weighted by molar-refractivity contribution is 6.07. The molecule has 2 amide bonds. The zero-order chi connectivity index (χ0) is 22.0. The summed E-state index contributed by atoms with van der Waals surface area (Å²) in [6.07, 6.45) is 4.81. The molecule has 1 aromatic carbocycles. The molecule has 2 N–H and O–H groups in total. The molecule has 3 heterocycles. The summed E-state index contributed by atoms with van der Waals surface area (Å²) < 4.78 is 21.3. The summed E-state index contributed by atoms with van der Waals surface area (Å²) in [5.74, 6) is -1.06. The molecule has 10 nitrogen and oxygen atoms in total. The first-order valence-electron chi connectivity index (χ1n) is 9.22. The summed E-state index contributed by atoms with van der Waals surface area (Å²) in [6, 6.07) is 7.03. The van der Waals surface area contributed by atoms with Gasteiger partial charge in [-0.25, -0.2) is 4.39 Å². The summed E-state index contributed by atoms with van der Waals surface area (Å²) in [4.78, 5) is 25.3. The molecule has 158 valence electrons. The average molecular weight is 423 g/mol. The fraction of sp³-hybridized carbons (Fsp3) is 0.150. The molecule has 0 aliphatic carbocycles. The highest BCUT2D eigenvalue weighted by atomic mass is 19.1. The van der Waals surface area contributed by atoms with Gasteiger partial charge in [-0.05, 0) is 24.3 Å². The maximum Gasteiger partial charge on any atom is 0.277 e. The van der Waals surface area contributed by atoms with Crippen LogP contribution < -0.4 is 10.6 Å². The molecule has 0 saturated carbocycles. The monoisotopic (exact) mass is 423 g/mol. The third kappa shape index (κ3) is 4.34. The van der Waals surface area contributed by atoms with E-state index in [2.05, 4.69) is 26.0 Å². The molecule has 0 aliphatic rings. The minimum atomic E-state index is -0.577. The number of rotatable bonds is 6. The number of hydrogen-bond acceptors (Lipinski definition) is 6. The van der Waals surface area contributed by atoms with Crippen molar-refractivity contribution in [2.75, 3.05) is 5.32 Å². The molecule has 0 saturated heterocycles. The number of hydrogen-bond donors (Lipinski definition) is 2. The molecule has 0 spiro atoms. The van der Waals surface area contributed by atoms with Crippen LogP contribution in [0.4, 0.5) is 10.1 Å². The Hall–Kier alpha value is -4.28. The number of aryl methyl sites for hydroxylation is 2. The normalized spacial score (nSPS) is 10.8. The molecule has 11 heteroatoms. The zero-order valence-corrected chi connectivity index (χ0v) is 16.7. The minimum absolute atomic E-state index is 0.00453. The van der Waals surface area contributed by atoms with E-state index in [4.69, 9.17) is 4.52 Å². The molecule has 0 fully saturated rings. The summed E-state index contributed by atoms with van der Waals surface area (Å²) in [5, 5.41) is 17.2. The standard InChI is InChI=1S/C20H18FN7O3/c1-27-11-12(9-23-27)8-22-20(30)18-16(10-24-28(18)2)25-19(29)15-7-17(31-26-15)13-3-5-14(21)6-4-13/h3-7,9-11H,8H2,1-2H3,(H,22,30)(H,25,29). The van der Waals surface area contributed by atoms with Crippen LogP contribution in [0.1, 0.15) is 26.5 Å². The molecule has 31 heavy (non-hydrogen) atoms. The highest BCUT2D eigenvalue weighted by Gasteiger charge is 2.21. The quantitative estimate of drug-likeness (QED) is 0.490. The SMILES string of the molecule is Cn1cc(CNC(=O)c2c(NC(=O)c3cc(-c4ccc(F)cc4)on3)cnn2C)cn1. The number of nitrogens with one attached hydrogen (secondary N) is 2. The van der Waals surface area contributed by atoms with Gasteiger partial charge in [0.05, 0.1) is 18.1 Å². The molecule has 0 unspecified atom stereocenters. The van der Waals surface area contributed by atoms with E-state index < -0.39 is 11.8 Å². The molecule has 4 rings (SSSR count). The number of aromatic nitrogens is 5. The van der Waals surface area contributed by atoms with Crippen LogP contribution in [0.25, 0.3) is 11.3 Å². The Kier molecular flexibility index (Phi) is 5.31. The van der Waals surface area contributed by atoms with Gasteiger partial charge in [0.1, 0.15) is 11.5 Å². The van der Waals surface area contributed by atoms with E-state index in [1.165, 1.54) is 41.2 Å². The van der Waals surface area contributed by atoms with Crippen LogP contribution in [0.3, 0.4) is 0 Å². The molecule has 0 radical (unpaired) electrons. The Morgan fingerprint density at radius 2 is 1.87 bits per heavy atom. The van der Waals surface area contributed by atoms with Crippen molar-refractivity contribution in [2.45, 2.75) is 6.54 Å². The second-order valence-corrected chi connectivity index (χ2v) is 6.77. The number of carbonyl (C=O) groups excluding carboxylic acids is 2. The molecule has 0 bridgehead atoms. The Labute approximate surface area is 175 Å². The van der Waals surface area contributed by atoms with Crippen LogP contribution in [-0.2, 0) is 20.6 Å². The molecule has 4 aromatic rings. The van der Waals surface area contributed by atoms with Crippen molar-refractivity contribution in [3.8, 4) is 11.3 Å². The largest absolute Gasteiger partial charge is 0.355 e. The van der Waals surface area contributed by atoms with Gasteiger partial charge in [0.15, 0.2) is 11.5 Å². The third-order valence-corrected chi connectivity index (χ3v) is 4.48. The second kappa shape index (κ2) is 8.22. The van der Waals surface area contributed by atoms with E-state index in [0.717, 1.165) is 5.56 Å². The predicted octanol–water partition coefficient (Wildman–Crippen LogP) is 2.13. The van der Waals surface area contributed by atoms with Crippen LogP contribution in [0.15, 0.2) is 53.4 Å². The van der Waals surface area contributed by atoms with Crippen molar-refractivity contribution >= 4 is 17.5 Å². The molecular weight excluding hydrogens is 405 g/mol. The van der Waals surface area contributed by atoms with Gasteiger partial charge in [0.25, 0.3) is 11.8 Å². The predicted molar refractivity (Wildman–Crippen MR) is 107 cm³/mol. The number of amides is 2. The summed E-state index contributed by atoms with van der Waals surface area (Å²) >= 11 is 0. The fourth-order valence-electron chi connectivity index (χ4n) is 2.95. The van der Waals surface area contributed by atoms with Gasteiger partial charge in [-0.1, -0.05) is 5.16 Å². The van der Waals surface area contributed by atoms with Gasteiger partial charge in [-0.3, -0.25) is 19.0 Å². The van der Waals surface area contributed by atoms with Gasteiger partial charge in [-0.15, -0.1) is 0 Å². The lowest BCUT2D eigenvalue weighted by atomic mass is 10.1. The number of anilines is 1. The lowest BCUT2D eigenvalue weighted by Gasteiger charge is -2.07. The maximum atomic E-state index is 13.1. The lowest BCUT2D eigenvalue weighted by Crippen LogP contribution is -2.26. The van der Waals surface area contributed by atoms with E-state index in [1.807, 2.05) is 0 Å². The molecular formula is C20H18FN7O3. The van der Waals surface area contributed by atoms with Crippen molar-refractivity contribution in [1.82, 2.24) is 30.0 Å². The van der Waals surface area contributed by atoms with Crippen LogP contribution >= 0.6 is 0 Å². The number of halogens is 1. The van der Waals surface area contributed by atoms with Crippen molar-refractivity contribution < 1.29 is 18.5 Å². The average Bonchev–Trinajstić information content (AvgIpc) is 3.47. The topological polar surface area (TPSA) is 120 Å². The van der Waals surface area contributed by atoms with Crippen LogP contribution in [0.5, 0.6) is 0 Å². The van der Waals surface area contributed by atoms with Crippen molar-refractivity contribution in [2.24, 2.45) is 14.1 Å². The van der Waals surface area contributed by atoms with Gasteiger partial charge in [0.2, 0.25) is 0 Å². The van der Waals surface area contributed by atoms with Crippen LogP contribution in [0.2, 0.25) is 0 Å². The van der Waals surface area contributed by atoms with E-state index >= 15 is 0 Å². The minimum Gasteiger partial charge on any atom is -0.355 e. The first-order valence-corrected chi connectivity index (χ1v) is 9.22. The van der Waals surface area contributed by atoms with Gasteiger partial charge in [-0.2, -0.15) is 10.2 Å². The summed E-state index contributed by atoms with van der Waals surface area (Å²) in [7, 11) is 3.38. The molecule has 3 aromatic heterocycles. The number of nitrogens with zero attached hydrogens (tertiary/aromatic N) is 5. The number of carbonyl (C=O) groups is 2. The fourth-order valence-corrected chi connectivity index (χ4v) is 2.95. The van der Waals surface area contributed by atoms with Gasteiger partial charge in [0, 0.05) is 44.0 Å². The first-order chi connectivity index (χ1) is 14.9. The van der Waals surface area contributed by atoms with Gasteiger partial charge < -0.3 is 15.2 Å². The molecule has 0 atom stereocenters. The van der Waals surface area contributed by atoms with Gasteiger partial charge >= 0.3 is 0 Å². The number of benzene rings is 1. The van der Waals surface area contributed by atoms with Crippen LogP contribution in [-0.4, -0.2) is 36.5 Å². The second-order valence-electron chi connectivity index (χ2n) is 6.77. The maximum absolute atomic E-state index is 13.1.